The van der Waals surface area contributed by atoms with Crippen LogP contribution in [-0.4, -0.2) is 18.8 Å². The van der Waals surface area contributed by atoms with Crippen molar-refractivity contribution in [2.45, 2.75) is 6.61 Å². The molecule has 29 heavy (non-hydrogen) atoms. The summed E-state index contributed by atoms with van der Waals surface area (Å²) >= 11 is 0. The third kappa shape index (κ3) is 5.68. The third-order valence-electron chi connectivity index (χ3n) is 3.98. The Labute approximate surface area is 168 Å². The fraction of sp³-hybridized carbons (Fsp3) is 0.0870. The van der Waals surface area contributed by atoms with Crippen LogP contribution in [0.1, 0.15) is 21.5 Å². The minimum Gasteiger partial charge on any atom is -0.489 e. The highest BCUT2D eigenvalue weighted by Crippen LogP contribution is 2.19. The first-order valence-corrected chi connectivity index (χ1v) is 8.86. The number of hydrogen-bond donors (Lipinski definition) is 1. The highest BCUT2D eigenvalue weighted by Gasteiger charge is 2.07. The summed E-state index contributed by atoms with van der Waals surface area (Å²) in [5.41, 5.74) is 2.39. The molecule has 3 aromatic rings. The summed E-state index contributed by atoms with van der Waals surface area (Å²) in [4.78, 5) is 23.1. The topological polar surface area (TPSA) is 88.4 Å². The maximum atomic E-state index is 12.2. The van der Waals surface area contributed by atoms with Gasteiger partial charge in [0.15, 0.2) is 12.9 Å². The first-order valence-electron chi connectivity index (χ1n) is 8.86. The van der Waals surface area contributed by atoms with Gasteiger partial charge in [0.05, 0.1) is 17.2 Å². The van der Waals surface area contributed by atoms with Gasteiger partial charge in [0.2, 0.25) is 0 Å². The number of anilines is 1. The summed E-state index contributed by atoms with van der Waals surface area (Å²) in [5.74, 6) is 0.580. The summed E-state index contributed by atoms with van der Waals surface area (Å²) in [6, 6.07) is 22.9. The van der Waals surface area contributed by atoms with Crippen molar-refractivity contribution in [2.24, 2.45) is 0 Å². The quantitative estimate of drug-likeness (QED) is 0.592. The van der Waals surface area contributed by atoms with Gasteiger partial charge in [-0.25, -0.2) is 0 Å². The van der Waals surface area contributed by atoms with Gasteiger partial charge in [0, 0.05) is 11.8 Å². The van der Waals surface area contributed by atoms with Crippen LogP contribution in [0, 0.1) is 11.3 Å². The van der Waals surface area contributed by atoms with E-state index in [0.29, 0.717) is 41.2 Å². The van der Waals surface area contributed by atoms with Crippen LogP contribution in [0.15, 0.2) is 72.8 Å². The fourth-order valence-corrected chi connectivity index (χ4v) is 2.61. The Bertz CT molecular complexity index is 1060. The van der Waals surface area contributed by atoms with Crippen molar-refractivity contribution < 1.29 is 19.1 Å². The molecule has 1 amide bonds. The number of benzene rings is 3. The Morgan fingerprint density at radius 1 is 1.00 bits per heavy atom. The number of nitrogens with zero attached hydrogens (tertiary/aromatic N) is 1. The van der Waals surface area contributed by atoms with E-state index >= 15 is 0 Å². The first kappa shape index (κ1) is 19.6. The van der Waals surface area contributed by atoms with Crippen LogP contribution in [0.5, 0.6) is 11.5 Å². The maximum absolute atomic E-state index is 12.2. The van der Waals surface area contributed by atoms with Gasteiger partial charge < -0.3 is 14.8 Å². The Kier molecular flexibility index (Phi) is 6.58. The summed E-state index contributed by atoms with van der Waals surface area (Å²) in [7, 11) is 0. The molecule has 3 rings (SSSR count). The van der Waals surface area contributed by atoms with E-state index in [1.54, 1.807) is 66.7 Å². The molecule has 0 bridgehead atoms. The van der Waals surface area contributed by atoms with E-state index in [0.717, 1.165) is 5.56 Å². The number of rotatable bonds is 8. The monoisotopic (exact) mass is 386 g/mol. The Morgan fingerprint density at radius 3 is 2.66 bits per heavy atom. The lowest BCUT2D eigenvalue weighted by atomic mass is 10.1. The molecule has 0 fully saturated rings. The molecule has 144 valence electrons. The molecule has 3 aromatic carbocycles. The second-order valence-corrected chi connectivity index (χ2v) is 6.12. The number of para-hydroxylation sites is 1. The second kappa shape index (κ2) is 9.72. The number of hydrogen-bond acceptors (Lipinski definition) is 5. The molecule has 0 saturated carbocycles. The van der Waals surface area contributed by atoms with Crippen LogP contribution in [0.25, 0.3) is 0 Å². The molecule has 1 N–H and O–H groups in total. The predicted octanol–water partition coefficient (Wildman–Crippen LogP) is 3.97. The SMILES string of the molecule is N#Cc1cccc(COc2cccc(NC(=O)COc3ccccc3C=O)c2)c1. The summed E-state index contributed by atoms with van der Waals surface area (Å²) in [6.45, 7) is 0.0788. The van der Waals surface area contributed by atoms with Gasteiger partial charge in [-0.2, -0.15) is 5.26 Å². The van der Waals surface area contributed by atoms with Gasteiger partial charge in [0.1, 0.15) is 18.1 Å². The average Bonchev–Trinajstić information content (AvgIpc) is 2.77. The van der Waals surface area contributed by atoms with Gasteiger partial charge in [-0.3, -0.25) is 9.59 Å². The number of carbonyl (C=O) groups is 2. The number of carbonyl (C=O) groups excluding carboxylic acids is 2. The molecule has 0 saturated heterocycles. The van der Waals surface area contributed by atoms with Gasteiger partial charge in [-0.15, -0.1) is 0 Å². The van der Waals surface area contributed by atoms with E-state index in [9.17, 15) is 9.59 Å². The van der Waals surface area contributed by atoms with E-state index in [-0.39, 0.29) is 12.5 Å². The Balaban J connectivity index is 1.55. The highest BCUT2D eigenvalue weighted by molar-refractivity contribution is 5.92. The molecule has 0 aliphatic heterocycles. The summed E-state index contributed by atoms with van der Waals surface area (Å²) in [6.07, 6.45) is 0.681. The van der Waals surface area contributed by atoms with E-state index in [2.05, 4.69) is 11.4 Å². The van der Waals surface area contributed by atoms with Crippen molar-refractivity contribution in [3.05, 3.63) is 89.5 Å². The smallest absolute Gasteiger partial charge is 0.262 e. The zero-order valence-corrected chi connectivity index (χ0v) is 15.5. The van der Waals surface area contributed by atoms with Crippen molar-refractivity contribution in [3.8, 4) is 17.6 Å². The molecule has 0 radical (unpaired) electrons. The van der Waals surface area contributed by atoms with Crippen molar-refractivity contribution in [1.82, 2.24) is 0 Å². The molecule has 6 nitrogen and oxygen atoms in total. The van der Waals surface area contributed by atoms with E-state index in [1.165, 1.54) is 0 Å². The van der Waals surface area contributed by atoms with Crippen LogP contribution in [-0.2, 0) is 11.4 Å². The normalized spacial score (nSPS) is 9.90. The van der Waals surface area contributed by atoms with Crippen LogP contribution in [0.3, 0.4) is 0 Å². The fourth-order valence-electron chi connectivity index (χ4n) is 2.61. The lowest BCUT2D eigenvalue weighted by Crippen LogP contribution is -2.20. The number of aldehydes is 1. The zero-order chi connectivity index (χ0) is 20.5. The Morgan fingerprint density at radius 2 is 1.83 bits per heavy atom. The molecule has 0 unspecified atom stereocenters. The highest BCUT2D eigenvalue weighted by atomic mass is 16.5. The molecule has 0 spiro atoms. The standard InChI is InChI=1S/C23H18N2O4/c24-13-17-5-3-6-18(11-17)15-28-21-9-4-8-20(12-21)25-23(27)16-29-22-10-2-1-7-19(22)14-26/h1-12,14H,15-16H2,(H,25,27). The summed E-state index contributed by atoms with van der Waals surface area (Å²) in [5, 5.41) is 11.7. The minimum atomic E-state index is -0.357. The summed E-state index contributed by atoms with van der Waals surface area (Å²) < 4.78 is 11.2. The van der Waals surface area contributed by atoms with Gasteiger partial charge in [-0.05, 0) is 42.0 Å². The Hall–Kier alpha value is -4.11. The van der Waals surface area contributed by atoms with Crippen LogP contribution >= 0.6 is 0 Å². The largest absolute Gasteiger partial charge is 0.489 e. The lowest BCUT2D eigenvalue weighted by Gasteiger charge is -2.11. The zero-order valence-electron chi connectivity index (χ0n) is 15.5. The van der Waals surface area contributed by atoms with Gasteiger partial charge in [-0.1, -0.05) is 30.3 Å². The van der Waals surface area contributed by atoms with Crippen molar-refractivity contribution in [2.75, 3.05) is 11.9 Å². The molecule has 0 aliphatic rings. The second-order valence-electron chi connectivity index (χ2n) is 6.12. The molecule has 0 aromatic heterocycles. The molecule has 0 atom stereocenters. The van der Waals surface area contributed by atoms with E-state index < -0.39 is 0 Å². The number of nitrogens with one attached hydrogen (secondary N) is 1. The number of amides is 1. The van der Waals surface area contributed by atoms with E-state index in [1.807, 2.05) is 6.07 Å². The third-order valence-corrected chi connectivity index (χ3v) is 3.98. The van der Waals surface area contributed by atoms with Crippen molar-refractivity contribution in [3.63, 3.8) is 0 Å². The molecular formula is C23H18N2O4. The molecule has 0 heterocycles. The number of nitriles is 1. The lowest BCUT2D eigenvalue weighted by molar-refractivity contribution is -0.118. The predicted molar refractivity (Wildman–Crippen MR) is 108 cm³/mol. The van der Waals surface area contributed by atoms with Crippen molar-refractivity contribution >= 4 is 17.9 Å². The van der Waals surface area contributed by atoms with Gasteiger partial charge >= 0.3 is 0 Å². The first-order chi connectivity index (χ1) is 14.2. The van der Waals surface area contributed by atoms with Gasteiger partial charge in [0.25, 0.3) is 5.91 Å². The van der Waals surface area contributed by atoms with Crippen LogP contribution < -0.4 is 14.8 Å². The molecule has 6 heteroatoms. The molecule has 0 aliphatic carbocycles. The van der Waals surface area contributed by atoms with Crippen LogP contribution in [0.2, 0.25) is 0 Å². The number of ether oxygens (including phenoxy) is 2. The minimum absolute atomic E-state index is 0.225. The van der Waals surface area contributed by atoms with Crippen LogP contribution in [0.4, 0.5) is 5.69 Å². The van der Waals surface area contributed by atoms with E-state index in [4.69, 9.17) is 14.7 Å². The average molecular weight is 386 g/mol. The maximum Gasteiger partial charge on any atom is 0.262 e. The molecular weight excluding hydrogens is 368 g/mol. The van der Waals surface area contributed by atoms with Crippen molar-refractivity contribution in [1.29, 1.82) is 5.26 Å².